The topological polar surface area (TPSA) is 64.1 Å². The first kappa shape index (κ1) is 17.6. The smallest absolute Gasteiger partial charge is 0.224 e. The van der Waals surface area contributed by atoms with E-state index in [2.05, 4.69) is 21.4 Å². The van der Waals surface area contributed by atoms with Gasteiger partial charge in [0.15, 0.2) is 0 Å². The molecule has 0 bridgehead atoms. The molecule has 0 radical (unpaired) electrons. The van der Waals surface area contributed by atoms with Crippen molar-refractivity contribution in [2.24, 2.45) is 0 Å². The lowest BCUT2D eigenvalue weighted by molar-refractivity contribution is -0.120. The molecular weight excluding hydrogens is 345 g/mol. The minimum Gasteiger partial charge on any atom is -0.487 e. The van der Waals surface area contributed by atoms with Crippen LogP contribution in [-0.2, 0) is 11.2 Å². The van der Waals surface area contributed by atoms with Crippen molar-refractivity contribution in [3.8, 4) is 17.0 Å². The molecule has 5 nitrogen and oxygen atoms in total. The second-order valence-electron chi connectivity index (χ2n) is 7.07. The van der Waals surface area contributed by atoms with Crippen LogP contribution in [0.3, 0.4) is 0 Å². The van der Waals surface area contributed by atoms with Gasteiger partial charge in [-0.1, -0.05) is 11.6 Å². The Bertz CT molecular complexity index is 867. The van der Waals surface area contributed by atoms with E-state index in [0.29, 0.717) is 36.4 Å². The first-order valence-corrected chi connectivity index (χ1v) is 9.39. The molecule has 6 heteroatoms. The Hall–Kier alpha value is -2.76. The number of benzene rings is 1. The molecule has 0 saturated heterocycles. The van der Waals surface area contributed by atoms with Crippen LogP contribution in [0, 0.1) is 5.82 Å². The van der Waals surface area contributed by atoms with E-state index in [1.807, 2.05) is 0 Å². The van der Waals surface area contributed by atoms with Gasteiger partial charge in [-0.3, -0.25) is 14.8 Å². The Balaban J connectivity index is 1.41. The van der Waals surface area contributed by atoms with Crippen molar-refractivity contribution in [3.05, 3.63) is 53.8 Å². The molecule has 1 aliphatic heterocycles. The molecule has 140 valence electrons. The quantitative estimate of drug-likeness (QED) is 0.821. The Kier molecular flexibility index (Phi) is 5.14. The number of ether oxygens (including phenoxy) is 1. The van der Waals surface area contributed by atoms with Crippen LogP contribution in [0.5, 0.6) is 5.75 Å². The molecule has 1 aromatic carbocycles. The van der Waals surface area contributed by atoms with Gasteiger partial charge in [0, 0.05) is 36.4 Å². The van der Waals surface area contributed by atoms with E-state index in [-0.39, 0.29) is 17.8 Å². The fourth-order valence-corrected chi connectivity index (χ4v) is 3.70. The number of rotatable bonds is 5. The average molecular weight is 367 g/mol. The van der Waals surface area contributed by atoms with E-state index in [4.69, 9.17) is 4.74 Å². The molecule has 1 N–H and O–H groups in total. The zero-order chi connectivity index (χ0) is 18.6. The van der Waals surface area contributed by atoms with Crippen molar-refractivity contribution in [3.63, 3.8) is 0 Å². The minimum atomic E-state index is -0.327. The highest BCUT2D eigenvalue weighted by Gasteiger charge is 2.27. The van der Waals surface area contributed by atoms with Crippen molar-refractivity contribution < 1.29 is 13.9 Å². The predicted octanol–water partition coefficient (Wildman–Crippen LogP) is 3.59. The molecule has 0 unspecified atom stereocenters. The molecule has 4 rings (SSSR count). The summed E-state index contributed by atoms with van der Waals surface area (Å²) in [7, 11) is 0. The maximum atomic E-state index is 14.0. The van der Waals surface area contributed by atoms with Gasteiger partial charge in [-0.2, -0.15) is 0 Å². The highest BCUT2D eigenvalue weighted by molar-refractivity contribution is 5.78. The number of hydrogen-bond donors (Lipinski definition) is 1. The predicted molar refractivity (Wildman–Crippen MR) is 99.7 cm³/mol. The summed E-state index contributed by atoms with van der Waals surface area (Å²) >= 11 is 0. The van der Waals surface area contributed by atoms with E-state index in [1.54, 1.807) is 18.6 Å². The third-order valence-corrected chi connectivity index (χ3v) is 5.00. The van der Waals surface area contributed by atoms with Crippen molar-refractivity contribution in [1.29, 1.82) is 0 Å². The van der Waals surface area contributed by atoms with Crippen molar-refractivity contribution in [2.45, 2.75) is 44.6 Å². The lowest BCUT2D eigenvalue weighted by Crippen LogP contribution is -2.34. The number of nitrogens with zero attached hydrogens (tertiary/aromatic N) is 2. The average Bonchev–Trinajstić information content (AvgIpc) is 3.10. The summed E-state index contributed by atoms with van der Waals surface area (Å²) in [6, 6.07) is 2.91. The van der Waals surface area contributed by atoms with Crippen LogP contribution in [0.2, 0.25) is 0 Å². The van der Waals surface area contributed by atoms with Crippen LogP contribution < -0.4 is 10.1 Å². The third-order valence-electron chi connectivity index (χ3n) is 5.00. The Morgan fingerprint density at radius 2 is 2.22 bits per heavy atom. The molecule has 1 amide bonds. The standard InChI is InChI=1S/C21H22FN3O2/c22-16-9-15-10-17(12-25-20(26)8-14-4-2-1-3-5-14)27-21(15)18(11-16)19-13-23-6-7-24-19/h4,6-7,9,11,13,17H,1-3,5,8,10,12H2,(H,25,26)/t17-/m1/s1. The zero-order valence-corrected chi connectivity index (χ0v) is 15.1. The van der Waals surface area contributed by atoms with Gasteiger partial charge >= 0.3 is 0 Å². The molecule has 1 aliphatic carbocycles. The van der Waals surface area contributed by atoms with E-state index in [0.717, 1.165) is 24.8 Å². The first-order chi connectivity index (χ1) is 13.2. The number of nitrogens with one attached hydrogen (secondary N) is 1. The second-order valence-corrected chi connectivity index (χ2v) is 7.07. The molecule has 1 atom stereocenters. The molecule has 2 aliphatic rings. The molecule has 1 aromatic heterocycles. The summed E-state index contributed by atoms with van der Waals surface area (Å²) in [6.07, 6.45) is 12.2. The van der Waals surface area contributed by atoms with Crippen LogP contribution >= 0.6 is 0 Å². The Morgan fingerprint density at radius 1 is 1.30 bits per heavy atom. The SMILES string of the molecule is O=C(CC1=CCCCC1)NC[C@H]1Cc2cc(F)cc(-c3cnccn3)c2O1. The maximum absolute atomic E-state index is 14.0. The lowest BCUT2D eigenvalue weighted by atomic mass is 9.97. The van der Waals surface area contributed by atoms with Crippen LogP contribution in [0.15, 0.2) is 42.4 Å². The van der Waals surface area contributed by atoms with Gasteiger partial charge in [0.05, 0.1) is 18.4 Å². The Labute approximate surface area is 157 Å². The number of carbonyl (C=O) groups excluding carboxylic acids is 1. The summed E-state index contributed by atoms with van der Waals surface area (Å²) in [5.41, 5.74) is 3.19. The fourth-order valence-electron chi connectivity index (χ4n) is 3.70. The largest absolute Gasteiger partial charge is 0.487 e. The van der Waals surface area contributed by atoms with Gasteiger partial charge in [-0.05, 0) is 37.8 Å². The summed E-state index contributed by atoms with van der Waals surface area (Å²) in [6.45, 7) is 0.405. The summed E-state index contributed by atoms with van der Waals surface area (Å²) < 4.78 is 20.1. The third kappa shape index (κ3) is 4.15. The maximum Gasteiger partial charge on any atom is 0.224 e. The highest BCUT2D eigenvalue weighted by atomic mass is 19.1. The van der Waals surface area contributed by atoms with Crippen molar-refractivity contribution >= 4 is 5.91 Å². The molecule has 2 aromatic rings. The van der Waals surface area contributed by atoms with Gasteiger partial charge < -0.3 is 10.1 Å². The van der Waals surface area contributed by atoms with Gasteiger partial charge in [0.1, 0.15) is 17.7 Å². The van der Waals surface area contributed by atoms with Gasteiger partial charge in [0.2, 0.25) is 5.91 Å². The molecule has 27 heavy (non-hydrogen) atoms. The number of hydrogen-bond acceptors (Lipinski definition) is 4. The number of aromatic nitrogens is 2. The molecular formula is C21H22FN3O2. The van der Waals surface area contributed by atoms with E-state index in [1.165, 1.54) is 24.1 Å². The van der Waals surface area contributed by atoms with Crippen LogP contribution in [0.1, 0.15) is 37.7 Å². The fraction of sp³-hybridized carbons (Fsp3) is 0.381. The molecule has 2 heterocycles. The summed E-state index contributed by atoms with van der Waals surface area (Å²) in [4.78, 5) is 20.5. The number of halogens is 1. The summed E-state index contributed by atoms with van der Waals surface area (Å²) in [5, 5.41) is 2.95. The van der Waals surface area contributed by atoms with E-state index < -0.39 is 0 Å². The molecule has 0 spiro atoms. The van der Waals surface area contributed by atoms with E-state index >= 15 is 0 Å². The number of carbonyl (C=O) groups is 1. The van der Waals surface area contributed by atoms with Crippen LogP contribution in [0.4, 0.5) is 4.39 Å². The van der Waals surface area contributed by atoms with Crippen LogP contribution in [-0.4, -0.2) is 28.5 Å². The molecule has 0 saturated carbocycles. The highest BCUT2D eigenvalue weighted by Crippen LogP contribution is 2.38. The second kappa shape index (κ2) is 7.86. The van der Waals surface area contributed by atoms with Gasteiger partial charge in [0.25, 0.3) is 0 Å². The van der Waals surface area contributed by atoms with Crippen molar-refractivity contribution in [2.75, 3.05) is 6.54 Å². The van der Waals surface area contributed by atoms with E-state index in [9.17, 15) is 9.18 Å². The monoisotopic (exact) mass is 367 g/mol. The zero-order valence-electron chi connectivity index (χ0n) is 15.1. The normalized spacial score (nSPS) is 18.4. The number of allylic oxidation sites excluding steroid dienone is 1. The minimum absolute atomic E-state index is 0.0167. The number of amides is 1. The Morgan fingerprint density at radius 3 is 3.00 bits per heavy atom. The van der Waals surface area contributed by atoms with Crippen LogP contribution in [0.25, 0.3) is 11.3 Å². The molecule has 0 fully saturated rings. The number of fused-ring (bicyclic) bond motifs is 1. The van der Waals surface area contributed by atoms with Gasteiger partial charge in [-0.25, -0.2) is 4.39 Å². The lowest BCUT2D eigenvalue weighted by Gasteiger charge is -2.15. The van der Waals surface area contributed by atoms with Gasteiger partial charge in [-0.15, -0.1) is 0 Å². The van der Waals surface area contributed by atoms with Crippen molar-refractivity contribution in [1.82, 2.24) is 15.3 Å². The summed E-state index contributed by atoms with van der Waals surface area (Å²) in [5.74, 6) is 0.320. The first-order valence-electron chi connectivity index (χ1n) is 9.39.